The molecule has 1 aromatic carbocycles. The quantitative estimate of drug-likeness (QED) is 0.691. The van der Waals surface area contributed by atoms with Crippen LogP contribution in [-0.4, -0.2) is 14.0 Å². The number of nitriles is 1. The molecule has 92 valence electrons. The molecule has 0 aliphatic rings. The van der Waals surface area contributed by atoms with E-state index < -0.39 is 0 Å². The van der Waals surface area contributed by atoms with Crippen LogP contribution in [0.3, 0.4) is 0 Å². The Morgan fingerprint density at radius 3 is 3.05 bits per heavy atom. The lowest BCUT2D eigenvalue weighted by Crippen LogP contribution is -2.21. The second-order valence-electron chi connectivity index (χ2n) is 4.23. The number of benzene rings is 1. The molecule has 0 N–H and O–H groups in total. The fourth-order valence-electron chi connectivity index (χ4n) is 2.02. The van der Waals surface area contributed by atoms with Gasteiger partial charge in [-0.3, -0.25) is 4.79 Å². The molecule has 2 heterocycles. The van der Waals surface area contributed by atoms with Crippen LogP contribution in [0.1, 0.15) is 11.1 Å². The normalized spacial score (nSPS) is 10.5. The predicted octanol–water partition coefficient (Wildman–Crippen LogP) is 1.42. The van der Waals surface area contributed by atoms with Crippen molar-refractivity contribution in [3.05, 3.63) is 70.7 Å². The summed E-state index contributed by atoms with van der Waals surface area (Å²) < 4.78 is 3.29. The van der Waals surface area contributed by atoms with Crippen LogP contribution in [0, 0.1) is 11.3 Å². The maximum Gasteiger partial charge on any atom is 0.276 e. The first kappa shape index (κ1) is 11.2. The Morgan fingerprint density at radius 1 is 1.32 bits per heavy atom. The summed E-state index contributed by atoms with van der Waals surface area (Å²) in [5.74, 6) is 0. The molecule has 2 aromatic heterocycles. The summed E-state index contributed by atoms with van der Waals surface area (Å²) in [6, 6.07) is 9.33. The van der Waals surface area contributed by atoms with Gasteiger partial charge in [0.2, 0.25) is 0 Å². The van der Waals surface area contributed by atoms with E-state index >= 15 is 0 Å². The van der Waals surface area contributed by atoms with Gasteiger partial charge in [-0.15, -0.1) is 0 Å². The fraction of sp³-hybridized carbons (Fsp3) is 0.0714. The number of hydrogen-bond donors (Lipinski definition) is 0. The molecule has 0 aliphatic carbocycles. The third kappa shape index (κ3) is 2.00. The molecule has 0 unspecified atom stereocenters. The first-order valence-corrected chi connectivity index (χ1v) is 5.78. The maximum atomic E-state index is 12.2. The number of fused-ring (bicyclic) bond motifs is 1. The molecule has 3 aromatic rings. The van der Waals surface area contributed by atoms with Gasteiger partial charge in [-0.1, -0.05) is 12.1 Å². The third-order valence-corrected chi connectivity index (χ3v) is 2.96. The summed E-state index contributed by atoms with van der Waals surface area (Å²) in [6.07, 6.45) is 6.65. The average Bonchev–Trinajstić information content (AvgIpc) is 2.91. The molecule has 0 aliphatic heterocycles. The van der Waals surface area contributed by atoms with Crippen molar-refractivity contribution in [3.63, 3.8) is 0 Å². The van der Waals surface area contributed by atoms with E-state index in [-0.39, 0.29) is 5.56 Å². The Labute approximate surface area is 109 Å². The first-order valence-electron chi connectivity index (χ1n) is 5.78. The third-order valence-electron chi connectivity index (χ3n) is 2.96. The lowest BCUT2D eigenvalue weighted by atomic mass is 10.1. The van der Waals surface area contributed by atoms with Crippen LogP contribution in [0.5, 0.6) is 0 Å². The minimum Gasteiger partial charge on any atom is -0.308 e. The number of nitrogens with zero attached hydrogens (tertiary/aromatic N) is 4. The number of hydrogen-bond acceptors (Lipinski definition) is 3. The molecule has 0 saturated heterocycles. The molecule has 0 radical (unpaired) electrons. The van der Waals surface area contributed by atoms with Crippen molar-refractivity contribution in [2.45, 2.75) is 6.54 Å². The Balaban J connectivity index is 2.03. The largest absolute Gasteiger partial charge is 0.308 e. The van der Waals surface area contributed by atoms with Crippen molar-refractivity contribution >= 4 is 5.52 Å². The lowest BCUT2D eigenvalue weighted by Gasteiger charge is -2.06. The van der Waals surface area contributed by atoms with E-state index in [1.807, 2.05) is 12.1 Å². The number of rotatable bonds is 2. The van der Waals surface area contributed by atoms with E-state index in [0.717, 1.165) is 5.56 Å². The van der Waals surface area contributed by atoms with Crippen LogP contribution >= 0.6 is 0 Å². The second-order valence-corrected chi connectivity index (χ2v) is 4.23. The van der Waals surface area contributed by atoms with Gasteiger partial charge in [-0.05, 0) is 17.7 Å². The predicted molar refractivity (Wildman–Crippen MR) is 69.7 cm³/mol. The van der Waals surface area contributed by atoms with Crippen molar-refractivity contribution in [3.8, 4) is 6.07 Å². The molecule has 19 heavy (non-hydrogen) atoms. The van der Waals surface area contributed by atoms with Gasteiger partial charge in [0.05, 0.1) is 30.7 Å². The summed E-state index contributed by atoms with van der Waals surface area (Å²) in [6.45, 7) is 0.441. The van der Waals surface area contributed by atoms with Crippen LogP contribution in [-0.2, 0) is 6.54 Å². The van der Waals surface area contributed by atoms with Gasteiger partial charge in [-0.25, -0.2) is 4.98 Å². The van der Waals surface area contributed by atoms with Gasteiger partial charge >= 0.3 is 0 Å². The first-order chi connectivity index (χ1) is 9.28. The highest BCUT2D eigenvalue weighted by molar-refractivity contribution is 5.42. The van der Waals surface area contributed by atoms with Crippen LogP contribution in [0.25, 0.3) is 5.52 Å². The minimum atomic E-state index is -0.0950. The van der Waals surface area contributed by atoms with E-state index in [2.05, 4.69) is 11.1 Å². The van der Waals surface area contributed by atoms with Crippen molar-refractivity contribution < 1.29 is 0 Å². The topological polar surface area (TPSA) is 63.1 Å². The molecule has 0 amide bonds. The van der Waals surface area contributed by atoms with E-state index in [1.165, 1.54) is 0 Å². The average molecular weight is 250 g/mol. The molecule has 5 heteroatoms. The summed E-state index contributed by atoms with van der Waals surface area (Å²) in [4.78, 5) is 16.1. The van der Waals surface area contributed by atoms with E-state index in [9.17, 15) is 4.79 Å². The van der Waals surface area contributed by atoms with E-state index in [0.29, 0.717) is 17.6 Å². The second kappa shape index (κ2) is 4.42. The highest BCUT2D eigenvalue weighted by atomic mass is 16.1. The molecule has 0 spiro atoms. The van der Waals surface area contributed by atoms with Crippen LogP contribution < -0.4 is 5.56 Å². The molecule has 0 atom stereocenters. The zero-order chi connectivity index (χ0) is 13.2. The molecule has 0 saturated carbocycles. The Morgan fingerprint density at radius 2 is 2.21 bits per heavy atom. The molecular weight excluding hydrogens is 240 g/mol. The van der Waals surface area contributed by atoms with Crippen molar-refractivity contribution in [1.29, 1.82) is 5.26 Å². The highest BCUT2D eigenvalue weighted by Gasteiger charge is 2.04. The molecule has 0 bridgehead atoms. The number of imidazole rings is 1. The van der Waals surface area contributed by atoms with Crippen molar-refractivity contribution in [2.24, 2.45) is 0 Å². The van der Waals surface area contributed by atoms with Crippen LogP contribution in [0.4, 0.5) is 0 Å². The summed E-state index contributed by atoms with van der Waals surface area (Å²) >= 11 is 0. The lowest BCUT2D eigenvalue weighted by molar-refractivity contribution is 0.753. The van der Waals surface area contributed by atoms with E-state index in [4.69, 9.17) is 5.26 Å². The van der Waals surface area contributed by atoms with Gasteiger partial charge in [0.1, 0.15) is 5.52 Å². The van der Waals surface area contributed by atoms with Gasteiger partial charge in [-0.2, -0.15) is 5.26 Å². The van der Waals surface area contributed by atoms with Gasteiger partial charge in [0.15, 0.2) is 0 Å². The zero-order valence-corrected chi connectivity index (χ0v) is 10.0. The van der Waals surface area contributed by atoms with Gasteiger partial charge in [0.25, 0.3) is 5.56 Å². The maximum absolute atomic E-state index is 12.2. The van der Waals surface area contributed by atoms with Gasteiger partial charge in [0, 0.05) is 12.4 Å². The monoisotopic (exact) mass is 250 g/mol. The Bertz CT molecular complexity index is 838. The Kier molecular flexibility index (Phi) is 2.62. The van der Waals surface area contributed by atoms with Crippen molar-refractivity contribution in [2.75, 3.05) is 0 Å². The standard InChI is InChI=1S/C14H10N4O/c15-7-11-2-1-3-12(6-11)9-17-4-5-18-10-16-8-13(18)14(17)19/h1-6,8,10H,9H2. The molecular formula is C14H10N4O. The summed E-state index contributed by atoms with van der Waals surface area (Å²) in [5, 5.41) is 8.87. The number of aromatic nitrogens is 3. The Hall–Kier alpha value is -2.87. The van der Waals surface area contributed by atoms with Crippen LogP contribution in [0.2, 0.25) is 0 Å². The summed E-state index contributed by atoms with van der Waals surface area (Å²) in [5.41, 5.74) is 1.96. The highest BCUT2D eigenvalue weighted by Crippen LogP contribution is 2.06. The van der Waals surface area contributed by atoms with Crippen LogP contribution in [0.15, 0.2) is 54.0 Å². The molecule has 3 rings (SSSR count). The van der Waals surface area contributed by atoms with E-state index in [1.54, 1.807) is 46.0 Å². The fourth-order valence-corrected chi connectivity index (χ4v) is 2.02. The SMILES string of the molecule is N#Cc1cccc(Cn2ccn3cncc3c2=O)c1. The molecule has 0 fully saturated rings. The van der Waals surface area contributed by atoms with Crippen molar-refractivity contribution in [1.82, 2.24) is 14.0 Å². The smallest absolute Gasteiger partial charge is 0.276 e. The molecule has 5 nitrogen and oxygen atoms in total. The summed E-state index contributed by atoms with van der Waals surface area (Å²) in [7, 11) is 0. The zero-order valence-electron chi connectivity index (χ0n) is 10.0. The minimum absolute atomic E-state index is 0.0950. The van der Waals surface area contributed by atoms with Gasteiger partial charge < -0.3 is 8.97 Å².